The Kier molecular flexibility index (Phi) is 4.08. The van der Waals surface area contributed by atoms with Crippen molar-refractivity contribution >= 4 is 17.4 Å². The average Bonchev–Trinajstić information content (AvgIpc) is 2.53. The molecule has 0 saturated heterocycles. The van der Waals surface area contributed by atoms with Gasteiger partial charge in [0.05, 0.1) is 11.2 Å². The SMILES string of the molecule is CC(C)(C)NC(=O)NCCc1cscn1. The maximum absolute atomic E-state index is 11.3. The molecule has 0 aromatic carbocycles. The van der Waals surface area contributed by atoms with Crippen LogP contribution in [-0.2, 0) is 6.42 Å². The Morgan fingerprint density at radius 1 is 1.53 bits per heavy atom. The highest BCUT2D eigenvalue weighted by Gasteiger charge is 2.12. The van der Waals surface area contributed by atoms with E-state index in [0.717, 1.165) is 12.1 Å². The van der Waals surface area contributed by atoms with Crippen LogP contribution >= 0.6 is 11.3 Å². The van der Waals surface area contributed by atoms with Crippen LogP contribution in [0.25, 0.3) is 0 Å². The van der Waals surface area contributed by atoms with Crippen LogP contribution in [0.3, 0.4) is 0 Å². The number of carbonyl (C=O) groups excluding carboxylic acids is 1. The van der Waals surface area contributed by atoms with E-state index in [9.17, 15) is 4.79 Å². The molecule has 2 amide bonds. The van der Waals surface area contributed by atoms with Gasteiger partial charge in [0.15, 0.2) is 0 Å². The molecule has 1 rings (SSSR count). The van der Waals surface area contributed by atoms with Gasteiger partial charge in [0.1, 0.15) is 0 Å². The first-order chi connectivity index (χ1) is 6.97. The number of amides is 2. The third-order valence-electron chi connectivity index (χ3n) is 1.64. The lowest BCUT2D eigenvalue weighted by atomic mass is 10.1. The van der Waals surface area contributed by atoms with E-state index in [4.69, 9.17) is 0 Å². The Balaban J connectivity index is 2.18. The minimum atomic E-state index is -0.190. The van der Waals surface area contributed by atoms with Crippen LogP contribution in [-0.4, -0.2) is 23.1 Å². The number of hydrogen-bond acceptors (Lipinski definition) is 3. The largest absolute Gasteiger partial charge is 0.338 e. The molecule has 2 N–H and O–H groups in total. The van der Waals surface area contributed by atoms with Crippen LogP contribution in [0.4, 0.5) is 4.79 Å². The van der Waals surface area contributed by atoms with Crippen LogP contribution in [0.15, 0.2) is 10.9 Å². The minimum absolute atomic E-state index is 0.127. The van der Waals surface area contributed by atoms with Crippen molar-refractivity contribution in [2.24, 2.45) is 0 Å². The highest BCUT2D eigenvalue weighted by Crippen LogP contribution is 2.01. The van der Waals surface area contributed by atoms with Gasteiger partial charge in [-0.25, -0.2) is 9.78 Å². The Hall–Kier alpha value is -1.10. The number of thiazole rings is 1. The van der Waals surface area contributed by atoms with Gasteiger partial charge in [-0.1, -0.05) is 0 Å². The topological polar surface area (TPSA) is 54.0 Å². The number of rotatable bonds is 3. The van der Waals surface area contributed by atoms with Crippen LogP contribution in [0, 0.1) is 0 Å². The second-order valence-corrected chi connectivity index (χ2v) is 5.08. The maximum atomic E-state index is 11.3. The summed E-state index contributed by atoms with van der Waals surface area (Å²) >= 11 is 1.57. The van der Waals surface area contributed by atoms with Gasteiger partial charge >= 0.3 is 6.03 Å². The number of urea groups is 1. The van der Waals surface area contributed by atoms with E-state index in [1.807, 2.05) is 26.2 Å². The minimum Gasteiger partial charge on any atom is -0.338 e. The van der Waals surface area contributed by atoms with E-state index in [1.54, 1.807) is 16.8 Å². The fourth-order valence-electron chi connectivity index (χ4n) is 1.05. The molecule has 1 aromatic rings. The summed E-state index contributed by atoms with van der Waals surface area (Å²) in [7, 11) is 0. The molecule has 0 saturated carbocycles. The van der Waals surface area contributed by atoms with Crippen LogP contribution < -0.4 is 10.6 Å². The van der Waals surface area contributed by atoms with Crippen LogP contribution in [0.5, 0.6) is 0 Å². The van der Waals surface area contributed by atoms with Crippen molar-refractivity contribution in [1.29, 1.82) is 0 Å². The van der Waals surface area contributed by atoms with Gasteiger partial charge in [-0.15, -0.1) is 11.3 Å². The molecule has 0 radical (unpaired) electrons. The summed E-state index contributed by atoms with van der Waals surface area (Å²) in [5.41, 5.74) is 2.63. The normalized spacial score (nSPS) is 11.1. The molecule has 0 aliphatic heterocycles. The third-order valence-corrected chi connectivity index (χ3v) is 2.27. The molecule has 1 heterocycles. The lowest BCUT2D eigenvalue weighted by molar-refractivity contribution is 0.232. The smallest absolute Gasteiger partial charge is 0.315 e. The summed E-state index contributed by atoms with van der Waals surface area (Å²) in [6, 6.07) is -0.127. The summed E-state index contributed by atoms with van der Waals surface area (Å²) in [6.45, 7) is 6.47. The highest BCUT2D eigenvalue weighted by molar-refractivity contribution is 7.07. The van der Waals surface area contributed by atoms with E-state index >= 15 is 0 Å². The Morgan fingerprint density at radius 2 is 2.27 bits per heavy atom. The van der Waals surface area contributed by atoms with E-state index in [2.05, 4.69) is 15.6 Å². The number of nitrogens with zero attached hydrogens (tertiary/aromatic N) is 1. The predicted molar refractivity (Wildman–Crippen MR) is 62.1 cm³/mol. The fourth-order valence-corrected chi connectivity index (χ4v) is 1.64. The van der Waals surface area contributed by atoms with Crippen molar-refractivity contribution in [1.82, 2.24) is 15.6 Å². The molecule has 0 unspecified atom stereocenters. The van der Waals surface area contributed by atoms with Crippen molar-refractivity contribution in [2.75, 3.05) is 6.54 Å². The summed E-state index contributed by atoms with van der Waals surface area (Å²) in [5.74, 6) is 0. The van der Waals surface area contributed by atoms with E-state index in [0.29, 0.717) is 6.54 Å². The molecule has 0 fully saturated rings. The molecule has 0 aliphatic carbocycles. The van der Waals surface area contributed by atoms with E-state index < -0.39 is 0 Å². The Labute approximate surface area is 94.1 Å². The van der Waals surface area contributed by atoms with Gasteiger partial charge in [0.2, 0.25) is 0 Å². The summed E-state index contributed by atoms with van der Waals surface area (Å²) < 4.78 is 0. The summed E-state index contributed by atoms with van der Waals surface area (Å²) in [4.78, 5) is 15.5. The second kappa shape index (κ2) is 5.11. The standard InChI is InChI=1S/C10H17N3OS/c1-10(2,3)13-9(14)11-5-4-8-6-15-7-12-8/h6-7H,4-5H2,1-3H3,(H2,11,13,14). The molecule has 1 aromatic heterocycles. The number of hydrogen-bond donors (Lipinski definition) is 2. The zero-order chi connectivity index (χ0) is 11.3. The van der Waals surface area contributed by atoms with Crippen molar-refractivity contribution in [3.63, 3.8) is 0 Å². The first-order valence-corrected chi connectivity index (χ1v) is 5.85. The monoisotopic (exact) mass is 227 g/mol. The van der Waals surface area contributed by atoms with Crippen LogP contribution in [0.1, 0.15) is 26.5 Å². The van der Waals surface area contributed by atoms with Gasteiger partial charge in [-0.05, 0) is 20.8 Å². The van der Waals surface area contributed by atoms with Crippen molar-refractivity contribution in [3.8, 4) is 0 Å². The molecular weight excluding hydrogens is 210 g/mol. The highest BCUT2D eigenvalue weighted by atomic mass is 32.1. The molecule has 84 valence electrons. The molecular formula is C10H17N3OS. The molecule has 0 spiro atoms. The quantitative estimate of drug-likeness (QED) is 0.827. The first kappa shape index (κ1) is 12.0. The molecule has 4 nitrogen and oxygen atoms in total. The fraction of sp³-hybridized carbons (Fsp3) is 0.600. The summed E-state index contributed by atoms with van der Waals surface area (Å²) in [6.07, 6.45) is 0.779. The van der Waals surface area contributed by atoms with Crippen molar-refractivity contribution in [3.05, 3.63) is 16.6 Å². The van der Waals surface area contributed by atoms with E-state index in [-0.39, 0.29) is 11.6 Å². The molecule has 0 aliphatic rings. The van der Waals surface area contributed by atoms with Crippen molar-refractivity contribution < 1.29 is 4.79 Å². The molecule has 5 heteroatoms. The number of aromatic nitrogens is 1. The third kappa shape index (κ3) is 5.37. The molecule has 0 bridgehead atoms. The predicted octanol–water partition coefficient (Wildman–Crippen LogP) is 1.78. The van der Waals surface area contributed by atoms with Gasteiger partial charge < -0.3 is 10.6 Å². The van der Waals surface area contributed by atoms with Gasteiger partial charge in [0, 0.05) is 23.9 Å². The lowest BCUT2D eigenvalue weighted by Gasteiger charge is -2.20. The molecule has 15 heavy (non-hydrogen) atoms. The molecule has 0 atom stereocenters. The Bertz CT molecular complexity index is 303. The lowest BCUT2D eigenvalue weighted by Crippen LogP contribution is -2.46. The average molecular weight is 227 g/mol. The van der Waals surface area contributed by atoms with Crippen LogP contribution in [0.2, 0.25) is 0 Å². The second-order valence-electron chi connectivity index (χ2n) is 4.36. The zero-order valence-electron chi connectivity index (χ0n) is 9.33. The van der Waals surface area contributed by atoms with Gasteiger partial charge in [-0.2, -0.15) is 0 Å². The Morgan fingerprint density at radius 3 is 2.80 bits per heavy atom. The first-order valence-electron chi connectivity index (χ1n) is 4.90. The zero-order valence-corrected chi connectivity index (χ0v) is 10.1. The summed E-state index contributed by atoms with van der Waals surface area (Å²) in [5, 5.41) is 7.61. The maximum Gasteiger partial charge on any atom is 0.315 e. The van der Waals surface area contributed by atoms with E-state index in [1.165, 1.54) is 0 Å². The van der Waals surface area contributed by atoms with Crippen molar-refractivity contribution in [2.45, 2.75) is 32.7 Å². The number of carbonyl (C=O) groups is 1. The number of nitrogens with one attached hydrogen (secondary N) is 2. The van der Waals surface area contributed by atoms with Gasteiger partial charge in [-0.3, -0.25) is 0 Å². The van der Waals surface area contributed by atoms with Gasteiger partial charge in [0.25, 0.3) is 0 Å².